The molecule has 54 valence electrons. The molecule has 2 atom stereocenters. The second-order valence-corrected chi connectivity index (χ2v) is 2.21. The topological polar surface area (TPSA) is 55.1 Å². The van der Waals surface area contributed by atoms with Gasteiger partial charge in [0.15, 0.2) is 0 Å². The lowest BCUT2D eigenvalue weighted by atomic mass is 10.0. The molecule has 0 rings (SSSR count). The number of hydrogen-bond acceptors (Lipinski definition) is 3. The molecule has 2 unspecified atom stereocenters. The fraction of sp³-hybridized carbons (Fsp3) is 0.833. The fourth-order valence-corrected chi connectivity index (χ4v) is 0.592. The van der Waals surface area contributed by atoms with Gasteiger partial charge in [0.2, 0.25) is 0 Å². The summed E-state index contributed by atoms with van der Waals surface area (Å²) in [4.78, 5) is 10.2. The van der Waals surface area contributed by atoms with E-state index in [4.69, 9.17) is 5.84 Å². The zero-order valence-electron chi connectivity index (χ0n) is 5.92. The van der Waals surface area contributed by atoms with E-state index in [0.29, 0.717) is 5.92 Å². The van der Waals surface area contributed by atoms with Crippen molar-refractivity contribution in [3.8, 4) is 0 Å². The second-order valence-electron chi connectivity index (χ2n) is 2.21. The standard InChI is InChI=1S/C6H14N2O/c1-3-5(2)6(4-9)8-7/h4-6,8H,3,7H2,1-2H3. The van der Waals surface area contributed by atoms with Gasteiger partial charge in [-0.15, -0.1) is 0 Å². The van der Waals surface area contributed by atoms with Crippen molar-refractivity contribution in [1.29, 1.82) is 0 Å². The highest BCUT2D eigenvalue weighted by Crippen LogP contribution is 2.03. The largest absolute Gasteiger partial charge is 0.302 e. The van der Waals surface area contributed by atoms with Crippen LogP contribution in [0.3, 0.4) is 0 Å². The number of rotatable bonds is 4. The van der Waals surface area contributed by atoms with Gasteiger partial charge in [-0.3, -0.25) is 11.3 Å². The van der Waals surface area contributed by atoms with E-state index in [2.05, 4.69) is 5.43 Å². The van der Waals surface area contributed by atoms with Gasteiger partial charge in [0.1, 0.15) is 6.29 Å². The van der Waals surface area contributed by atoms with Crippen molar-refractivity contribution in [1.82, 2.24) is 5.43 Å². The molecule has 0 saturated carbocycles. The lowest BCUT2D eigenvalue weighted by Gasteiger charge is -2.14. The van der Waals surface area contributed by atoms with Crippen molar-refractivity contribution in [2.24, 2.45) is 11.8 Å². The van der Waals surface area contributed by atoms with E-state index in [1.165, 1.54) is 0 Å². The van der Waals surface area contributed by atoms with Gasteiger partial charge in [0.25, 0.3) is 0 Å². The maximum absolute atomic E-state index is 10.2. The van der Waals surface area contributed by atoms with Crippen LogP contribution in [0.5, 0.6) is 0 Å². The SMILES string of the molecule is CCC(C)C(C=O)NN. The Morgan fingerprint density at radius 2 is 2.33 bits per heavy atom. The molecule has 0 aliphatic rings. The Labute approximate surface area is 55.6 Å². The summed E-state index contributed by atoms with van der Waals surface area (Å²) >= 11 is 0. The van der Waals surface area contributed by atoms with Crippen molar-refractivity contribution < 1.29 is 4.79 Å². The summed E-state index contributed by atoms with van der Waals surface area (Å²) in [5.41, 5.74) is 2.43. The van der Waals surface area contributed by atoms with Crippen LogP contribution in [0.15, 0.2) is 0 Å². The first kappa shape index (κ1) is 8.59. The Morgan fingerprint density at radius 1 is 1.78 bits per heavy atom. The summed E-state index contributed by atoms with van der Waals surface area (Å²) in [5, 5.41) is 0. The number of carbonyl (C=O) groups excluding carboxylic acids is 1. The molecular formula is C6H14N2O. The Bertz CT molecular complexity index is 85.1. The van der Waals surface area contributed by atoms with Crippen molar-refractivity contribution in [3.05, 3.63) is 0 Å². The molecule has 0 aromatic heterocycles. The average molecular weight is 130 g/mol. The molecule has 0 radical (unpaired) electrons. The Balaban J connectivity index is 3.63. The third kappa shape index (κ3) is 2.58. The van der Waals surface area contributed by atoms with E-state index in [9.17, 15) is 4.79 Å². The summed E-state index contributed by atoms with van der Waals surface area (Å²) in [6, 6.07) is -0.185. The molecule has 0 bridgehead atoms. The molecule has 3 heteroatoms. The van der Waals surface area contributed by atoms with Crippen LogP contribution in [0.4, 0.5) is 0 Å². The highest BCUT2D eigenvalue weighted by atomic mass is 16.1. The fourth-order valence-electron chi connectivity index (χ4n) is 0.592. The van der Waals surface area contributed by atoms with Gasteiger partial charge < -0.3 is 4.79 Å². The van der Waals surface area contributed by atoms with Crippen LogP contribution < -0.4 is 11.3 Å². The number of hydrogen-bond donors (Lipinski definition) is 2. The molecule has 0 aromatic rings. The van der Waals surface area contributed by atoms with Crippen LogP contribution in [0.2, 0.25) is 0 Å². The zero-order valence-corrected chi connectivity index (χ0v) is 5.92. The number of carbonyl (C=O) groups is 1. The Hall–Kier alpha value is -0.410. The third-order valence-corrected chi connectivity index (χ3v) is 1.60. The van der Waals surface area contributed by atoms with Crippen molar-refractivity contribution in [3.63, 3.8) is 0 Å². The summed E-state index contributed by atoms with van der Waals surface area (Å²) in [6.07, 6.45) is 1.81. The highest BCUT2D eigenvalue weighted by Gasteiger charge is 2.11. The van der Waals surface area contributed by atoms with Crippen LogP contribution in [-0.4, -0.2) is 12.3 Å². The van der Waals surface area contributed by atoms with Gasteiger partial charge in [-0.25, -0.2) is 0 Å². The minimum atomic E-state index is -0.185. The van der Waals surface area contributed by atoms with E-state index in [1.807, 2.05) is 13.8 Å². The van der Waals surface area contributed by atoms with Crippen LogP contribution in [0, 0.1) is 5.92 Å². The van der Waals surface area contributed by atoms with E-state index in [1.54, 1.807) is 0 Å². The monoisotopic (exact) mass is 130 g/mol. The number of nitrogens with two attached hydrogens (primary N) is 1. The molecule has 3 nitrogen and oxygen atoms in total. The first-order valence-corrected chi connectivity index (χ1v) is 3.17. The van der Waals surface area contributed by atoms with Crippen LogP contribution in [0.1, 0.15) is 20.3 Å². The third-order valence-electron chi connectivity index (χ3n) is 1.60. The van der Waals surface area contributed by atoms with Gasteiger partial charge in [-0.05, 0) is 5.92 Å². The minimum absolute atomic E-state index is 0.185. The predicted molar refractivity (Wildman–Crippen MR) is 36.6 cm³/mol. The molecule has 0 saturated heterocycles. The van der Waals surface area contributed by atoms with Gasteiger partial charge >= 0.3 is 0 Å². The first-order valence-electron chi connectivity index (χ1n) is 3.17. The van der Waals surface area contributed by atoms with Crippen LogP contribution >= 0.6 is 0 Å². The van der Waals surface area contributed by atoms with Gasteiger partial charge in [0.05, 0.1) is 6.04 Å². The maximum atomic E-state index is 10.2. The van der Waals surface area contributed by atoms with Crippen molar-refractivity contribution in [2.45, 2.75) is 26.3 Å². The lowest BCUT2D eigenvalue weighted by Crippen LogP contribution is -2.40. The maximum Gasteiger partial charge on any atom is 0.138 e. The molecule has 0 aliphatic carbocycles. The molecule has 9 heavy (non-hydrogen) atoms. The average Bonchev–Trinajstić information content (AvgIpc) is 1.90. The molecule has 0 amide bonds. The quantitative estimate of drug-likeness (QED) is 0.321. The number of nitrogens with one attached hydrogen (secondary N) is 1. The van der Waals surface area contributed by atoms with Gasteiger partial charge in [0, 0.05) is 0 Å². The summed E-state index contributed by atoms with van der Waals surface area (Å²) < 4.78 is 0. The highest BCUT2D eigenvalue weighted by molar-refractivity contribution is 5.57. The molecule has 0 spiro atoms. The molecule has 0 aromatic carbocycles. The first-order chi connectivity index (χ1) is 4.26. The van der Waals surface area contributed by atoms with Crippen molar-refractivity contribution >= 4 is 6.29 Å². The second kappa shape index (κ2) is 4.47. The lowest BCUT2D eigenvalue weighted by molar-refractivity contribution is -0.110. The Kier molecular flexibility index (Phi) is 4.26. The molecule has 3 N–H and O–H groups in total. The van der Waals surface area contributed by atoms with Gasteiger partial charge in [-0.1, -0.05) is 20.3 Å². The summed E-state index contributed by atoms with van der Waals surface area (Å²) in [5.74, 6) is 5.40. The van der Waals surface area contributed by atoms with Crippen LogP contribution in [0.25, 0.3) is 0 Å². The van der Waals surface area contributed by atoms with Gasteiger partial charge in [-0.2, -0.15) is 0 Å². The number of hydrazine groups is 1. The molecular weight excluding hydrogens is 116 g/mol. The minimum Gasteiger partial charge on any atom is -0.302 e. The van der Waals surface area contributed by atoms with E-state index in [-0.39, 0.29) is 6.04 Å². The molecule has 0 heterocycles. The number of aldehydes is 1. The smallest absolute Gasteiger partial charge is 0.138 e. The molecule has 0 aliphatic heterocycles. The summed E-state index contributed by atoms with van der Waals surface area (Å²) in [6.45, 7) is 4.01. The molecule has 0 fully saturated rings. The van der Waals surface area contributed by atoms with E-state index < -0.39 is 0 Å². The Morgan fingerprint density at radius 3 is 2.44 bits per heavy atom. The van der Waals surface area contributed by atoms with Crippen molar-refractivity contribution in [2.75, 3.05) is 0 Å². The summed E-state index contributed by atoms with van der Waals surface area (Å²) in [7, 11) is 0. The normalized spacial score (nSPS) is 16.8. The van der Waals surface area contributed by atoms with E-state index in [0.717, 1.165) is 12.7 Å². The van der Waals surface area contributed by atoms with E-state index >= 15 is 0 Å². The van der Waals surface area contributed by atoms with Crippen LogP contribution in [-0.2, 0) is 4.79 Å². The zero-order chi connectivity index (χ0) is 7.28. The predicted octanol–water partition coefficient (Wildman–Crippen LogP) is 0.0633.